The fourth-order valence-electron chi connectivity index (χ4n) is 2.45. The van der Waals surface area contributed by atoms with Gasteiger partial charge in [-0.1, -0.05) is 6.07 Å². The molecule has 0 aliphatic carbocycles. The molecule has 1 amide bonds. The highest BCUT2D eigenvalue weighted by molar-refractivity contribution is 5.96. The average Bonchev–Trinajstić information content (AvgIpc) is 2.85. The number of benzene rings is 1. The fraction of sp³-hybridized carbons (Fsp3) is 0.375. The van der Waals surface area contributed by atoms with Crippen molar-refractivity contribution >= 4 is 11.6 Å². The topological polar surface area (TPSA) is 76.2 Å². The van der Waals surface area contributed by atoms with Gasteiger partial charge in [-0.2, -0.15) is 5.10 Å². The Labute approximate surface area is 128 Å². The zero-order chi connectivity index (χ0) is 15.7. The van der Waals surface area contributed by atoms with Crippen LogP contribution in [0.1, 0.15) is 29.8 Å². The van der Waals surface area contributed by atoms with Gasteiger partial charge in [0.25, 0.3) is 0 Å². The molecule has 1 atom stereocenters. The van der Waals surface area contributed by atoms with Crippen molar-refractivity contribution < 1.29 is 14.3 Å². The lowest BCUT2D eigenvalue weighted by atomic mass is 9.99. The maximum Gasteiger partial charge on any atom is 0.231 e. The van der Waals surface area contributed by atoms with Crippen molar-refractivity contribution in [2.45, 2.75) is 26.7 Å². The van der Waals surface area contributed by atoms with Crippen molar-refractivity contribution in [3.8, 4) is 11.5 Å². The lowest BCUT2D eigenvalue weighted by Gasteiger charge is -2.20. The Morgan fingerprint density at radius 2 is 2.00 bits per heavy atom. The number of hydrogen-bond donors (Lipinski definition) is 2. The number of hydrogen-bond acceptors (Lipinski definition) is 4. The lowest BCUT2D eigenvalue weighted by molar-refractivity contribution is -0.117. The number of carbonyl (C=O) groups is 1. The Morgan fingerprint density at radius 3 is 2.68 bits per heavy atom. The minimum atomic E-state index is -0.301. The third kappa shape index (κ3) is 2.64. The first-order chi connectivity index (χ1) is 10.6. The summed E-state index contributed by atoms with van der Waals surface area (Å²) in [6.07, 6.45) is 0. The molecule has 1 aliphatic heterocycles. The SMILES string of the molecule is Cc1n[nH]c(C)c1NC(=O)C(C)c1ccc2c(c1)OCCO2. The van der Waals surface area contributed by atoms with Crippen molar-refractivity contribution in [3.63, 3.8) is 0 Å². The molecular formula is C16H19N3O3. The Morgan fingerprint density at radius 1 is 1.27 bits per heavy atom. The van der Waals surface area contributed by atoms with Gasteiger partial charge in [0.1, 0.15) is 13.2 Å². The summed E-state index contributed by atoms with van der Waals surface area (Å²) < 4.78 is 11.1. The van der Waals surface area contributed by atoms with Crippen LogP contribution in [0.15, 0.2) is 18.2 Å². The zero-order valence-corrected chi connectivity index (χ0v) is 12.9. The Bertz CT molecular complexity index is 689. The average molecular weight is 301 g/mol. The van der Waals surface area contributed by atoms with E-state index in [1.807, 2.05) is 39.0 Å². The first kappa shape index (κ1) is 14.4. The van der Waals surface area contributed by atoms with Gasteiger partial charge in [-0.25, -0.2) is 0 Å². The summed E-state index contributed by atoms with van der Waals surface area (Å²) in [5.41, 5.74) is 3.26. The number of aromatic nitrogens is 2. The lowest BCUT2D eigenvalue weighted by Crippen LogP contribution is -2.20. The molecule has 1 aliphatic rings. The predicted molar refractivity (Wildman–Crippen MR) is 82.5 cm³/mol. The molecule has 1 aromatic heterocycles. The van der Waals surface area contributed by atoms with Crippen LogP contribution < -0.4 is 14.8 Å². The largest absolute Gasteiger partial charge is 0.486 e. The summed E-state index contributed by atoms with van der Waals surface area (Å²) in [6.45, 7) is 6.69. The van der Waals surface area contributed by atoms with Crippen LogP contribution in [0.3, 0.4) is 0 Å². The molecule has 6 nitrogen and oxygen atoms in total. The molecule has 2 N–H and O–H groups in total. The number of aryl methyl sites for hydroxylation is 2. The monoisotopic (exact) mass is 301 g/mol. The van der Waals surface area contributed by atoms with Gasteiger partial charge >= 0.3 is 0 Å². The molecule has 22 heavy (non-hydrogen) atoms. The van der Waals surface area contributed by atoms with Gasteiger partial charge in [0.2, 0.25) is 5.91 Å². The Kier molecular flexibility index (Phi) is 3.75. The second kappa shape index (κ2) is 5.71. The van der Waals surface area contributed by atoms with Gasteiger partial charge in [0.05, 0.1) is 23.0 Å². The quantitative estimate of drug-likeness (QED) is 0.913. The number of amides is 1. The highest BCUT2D eigenvalue weighted by Gasteiger charge is 2.20. The number of ether oxygens (including phenoxy) is 2. The highest BCUT2D eigenvalue weighted by Crippen LogP contribution is 2.33. The van der Waals surface area contributed by atoms with Gasteiger partial charge in [-0.15, -0.1) is 0 Å². The molecule has 1 unspecified atom stereocenters. The number of rotatable bonds is 3. The minimum absolute atomic E-state index is 0.0794. The van der Waals surface area contributed by atoms with Gasteiger partial charge in [-0.05, 0) is 38.5 Å². The smallest absolute Gasteiger partial charge is 0.231 e. The van der Waals surface area contributed by atoms with Crippen molar-refractivity contribution in [2.24, 2.45) is 0 Å². The molecule has 6 heteroatoms. The van der Waals surface area contributed by atoms with E-state index in [1.165, 1.54) is 0 Å². The van der Waals surface area contributed by atoms with Crippen LogP contribution in [0.2, 0.25) is 0 Å². The number of nitrogens with zero attached hydrogens (tertiary/aromatic N) is 1. The highest BCUT2D eigenvalue weighted by atomic mass is 16.6. The van der Waals surface area contributed by atoms with Crippen molar-refractivity contribution in [1.29, 1.82) is 0 Å². The number of aromatic amines is 1. The maximum absolute atomic E-state index is 12.5. The van der Waals surface area contributed by atoms with Crippen LogP contribution in [0.25, 0.3) is 0 Å². The third-order valence-electron chi connectivity index (χ3n) is 3.84. The van der Waals surface area contributed by atoms with E-state index in [1.54, 1.807) is 0 Å². The van der Waals surface area contributed by atoms with Crippen LogP contribution >= 0.6 is 0 Å². The second-order valence-corrected chi connectivity index (χ2v) is 5.42. The third-order valence-corrected chi connectivity index (χ3v) is 3.84. The predicted octanol–water partition coefficient (Wildman–Crippen LogP) is 2.54. The van der Waals surface area contributed by atoms with E-state index in [0.717, 1.165) is 28.4 Å². The molecular weight excluding hydrogens is 282 g/mol. The summed E-state index contributed by atoms with van der Waals surface area (Å²) in [4.78, 5) is 12.5. The normalized spacial score (nSPS) is 14.5. The van der Waals surface area contributed by atoms with Crippen molar-refractivity contribution in [1.82, 2.24) is 10.2 Å². The first-order valence-electron chi connectivity index (χ1n) is 7.28. The van der Waals surface area contributed by atoms with Crippen LogP contribution in [-0.4, -0.2) is 29.3 Å². The molecule has 2 heterocycles. The number of nitrogens with one attached hydrogen (secondary N) is 2. The van der Waals surface area contributed by atoms with E-state index in [4.69, 9.17) is 9.47 Å². The summed E-state index contributed by atoms with van der Waals surface area (Å²) in [5, 5.41) is 9.88. The Hall–Kier alpha value is -2.50. The molecule has 0 fully saturated rings. The van der Waals surface area contributed by atoms with Gasteiger partial charge in [0.15, 0.2) is 11.5 Å². The fourth-order valence-corrected chi connectivity index (χ4v) is 2.45. The van der Waals surface area contributed by atoms with E-state index in [-0.39, 0.29) is 11.8 Å². The first-order valence-corrected chi connectivity index (χ1v) is 7.28. The molecule has 1 aromatic carbocycles. The van der Waals surface area contributed by atoms with Gasteiger partial charge < -0.3 is 14.8 Å². The summed E-state index contributed by atoms with van der Waals surface area (Å²) >= 11 is 0. The van der Waals surface area contributed by atoms with Crippen molar-refractivity contribution in [2.75, 3.05) is 18.5 Å². The summed E-state index contributed by atoms with van der Waals surface area (Å²) in [7, 11) is 0. The molecule has 0 spiro atoms. The summed E-state index contributed by atoms with van der Waals surface area (Å²) in [6, 6.07) is 5.61. The number of carbonyl (C=O) groups excluding carboxylic acids is 1. The van der Waals surface area contributed by atoms with Gasteiger partial charge in [-0.3, -0.25) is 9.89 Å². The molecule has 0 bridgehead atoms. The zero-order valence-electron chi connectivity index (χ0n) is 12.9. The van der Waals surface area contributed by atoms with E-state index >= 15 is 0 Å². The molecule has 0 radical (unpaired) electrons. The number of H-pyrrole nitrogens is 1. The van der Waals surface area contributed by atoms with Crippen LogP contribution in [0.4, 0.5) is 5.69 Å². The van der Waals surface area contributed by atoms with E-state index in [0.29, 0.717) is 19.0 Å². The molecule has 3 rings (SSSR count). The van der Waals surface area contributed by atoms with E-state index < -0.39 is 0 Å². The van der Waals surface area contributed by atoms with Gasteiger partial charge in [0, 0.05) is 0 Å². The van der Waals surface area contributed by atoms with Crippen LogP contribution in [0.5, 0.6) is 11.5 Å². The molecule has 116 valence electrons. The molecule has 0 saturated carbocycles. The molecule has 2 aromatic rings. The van der Waals surface area contributed by atoms with Crippen molar-refractivity contribution in [3.05, 3.63) is 35.2 Å². The van der Waals surface area contributed by atoms with E-state index in [2.05, 4.69) is 15.5 Å². The standard InChI is InChI=1S/C16H19N3O3/c1-9(16(20)17-15-10(2)18-19-11(15)3)12-4-5-13-14(8-12)22-7-6-21-13/h4-5,8-9H,6-7H2,1-3H3,(H,17,20)(H,18,19). The Balaban J connectivity index is 1.78. The number of anilines is 1. The van der Waals surface area contributed by atoms with E-state index in [9.17, 15) is 4.79 Å². The second-order valence-electron chi connectivity index (χ2n) is 5.42. The van der Waals surface area contributed by atoms with Crippen LogP contribution in [-0.2, 0) is 4.79 Å². The number of fused-ring (bicyclic) bond motifs is 1. The maximum atomic E-state index is 12.5. The summed E-state index contributed by atoms with van der Waals surface area (Å²) in [5.74, 6) is 1.04. The van der Waals surface area contributed by atoms with Crippen LogP contribution in [0, 0.1) is 13.8 Å². The molecule has 0 saturated heterocycles. The minimum Gasteiger partial charge on any atom is -0.486 e.